The lowest BCUT2D eigenvalue weighted by atomic mass is 10.00. The van der Waals surface area contributed by atoms with Gasteiger partial charge >= 0.3 is 0 Å². The number of rotatable bonds is 2. The molecule has 0 aliphatic carbocycles. The molecule has 1 amide bonds. The number of benzene rings is 2. The summed E-state index contributed by atoms with van der Waals surface area (Å²) < 4.78 is 0. The second-order valence-corrected chi connectivity index (χ2v) is 4.92. The number of likely N-dealkylation sites (N-methyl/N-ethyl adjacent to an activating group) is 1. The van der Waals surface area contributed by atoms with E-state index < -0.39 is 0 Å². The van der Waals surface area contributed by atoms with Gasteiger partial charge in [-0.3, -0.25) is 9.59 Å². The second-order valence-electron chi connectivity index (χ2n) is 4.92. The van der Waals surface area contributed by atoms with Gasteiger partial charge in [0, 0.05) is 29.5 Å². The van der Waals surface area contributed by atoms with Gasteiger partial charge in [0.2, 0.25) is 5.91 Å². The number of fused-ring (bicyclic) bond motifs is 1. The van der Waals surface area contributed by atoms with Gasteiger partial charge in [0.1, 0.15) is 0 Å². The lowest BCUT2D eigenvalue weighted by molar-refractivity contribution is -0.117. The summed E-state index contributed by atoms with van der Waals surface area (Å²) in [6.45, 7) is 0. The first kappa shape index (κ1) is 12.4. The molecule has 0 spiro atoms. The Hall–Kier alpha value is -2.62. The van der Waals surface area contributed by atoms with Crippen LogP contribution in [-0.2, 0) is 11.2 Å². The van der Waals surface area contributed by atoms with Crippen LogP contribution in [0.1, 0.15) is 21.5 Å². The van der Waals surface area contributed by atoms with Crippen LogP contribution < -0.4 is 10.6 Å². The first-order valence-corrected chi connectivity index (χ1v) is 6.36. The normalized spacial score (nSPS) is 13.4. The fourth-order valence-corrected chi connectivity index (χ4v) is 2.41. The molecule has 1 heterocycles. The fourth-order valence-electron chi connectivity index (χ4n) is 2.41. The first-order chi connectivity index (χ1) is 9.56. The average Bonchev–Trinajstić information content (AvgIpc) is 2.74. The van der Waals surface area contributed by atoms with E-state index in [-0.39, 0.29) is 11.7 Å². The van der Waals surface area contributed by atoms with Gasteiger partial charge in [-0.1, -0.05) is 0 Å². The predicted molar refractivity (Wildman–Crippen MR) is 77.8 cm³/mol. The van der Waals surface area contributed by atoms with E-state index in [1.807, 2.05) is 6.07 Å². The summed E-state index contributed by atoms with van der Waals surface area (Å²) in [5, 5.41) is 0. The van der Waals surface area contributed by atoms with E-state index in [4.69, 9.17) is 5.73 Å². The van der Waals surface area contributed by atoms with Gasteiger partial charge in [-0.15, -0.1) is 0 Å². The summed E-state index contributed by atoms with van der Waals surface area (Å²) >= 11 is 0. The molecule has 2 N–H and O–H groups in total. The molecule has 0 fully saturated rings. The summed E-state index contributed by atoms with van der Waals surface area (Å²) in [5.74, 6) is -0.00751. The minimum absolute atomic E-state index is 0.0529. The minimum Gasteiger partial charge on any atom is -0.399 e. The number of amides is 1. The number of anilines is 2. The van der Waals surface area contributed by atoms with E-state index >= 15 is 0 Å². The van der Waals surface area contributed by atoms with E-state index in [1.165, 1.54) is 0 Å². The van der Waals surface area contributed by atoms with Crippen molar-refractivity contribution >= 4 is 23.1 Å². The average molecular weight is 266 g/mol. The Bertz CT molecular complexity index is 705. The van der Waals surface area contributed by atoms with Gasteiger partial charge in [0.15, 0.2) is 5.78 Å². The Labute approximate surface area is 116 Å². The smallest absolute Gasteiger partial charge is 0.231 e. The minimum atomic E-state index is -0.0604. The lowest BCUT2D eigenvalue weighted by Gasteiger charge is -2.10. The van der Waals surface area contributed by atoms with Crippen molar-refractivity contribution in [2.45, 2.75) is 6.42 Å². The van der Waals surface area contributed by atoms with Crippen LogP contribution in [0.15, 0.2) is 42.5 Å². The molecule has 4 heteroatoms. The maximum absolute atomic E-state index is 12.4. The summed E-state index contributed by atoms with van der Waals surface area (Å²) in [4.78, 5) is 25.6. The summed E-state index contributed by atoms with van der Waals surface area (Å²) in [7, 11) is 1.75. The zero-order valence-corrected chi connectivity index (χ0v) is 11.1. The van der Waals surface area contributed by atoms with Gasteiger partial charge in [-0.25, -0.2) is 0 Å². The van der Waals surface area contributed by atoms with Crippen LogP contribution in [0.5, 0.6) is 0 Å². The van der Waals surface area contributed by atoms with E-state index in [1.54, 1.807) is 48.3 Å². The molecular formula is C16H14N2O2. The molecule has 0 radical (unpaired) electrons. The molecule has 0 aromatic heterocycles. The summed E-state index contributed by atoms with van der Waals surface area (Å²) in [5.41, 5.74) is 9.21. The summed E-state index contributed by atoms with van der Waals surface area (Å²) in [6, 6.07) is 12.2. The Morgan fingerprint density at radius 3 is 2.45 bits per heavy atom. The molecule has 100 valence electrons. The number of nitrogens with zero attached hydrogens (tertiary/aromatic N) is 1. The maximum atomic E-state index is 12.4. The Kier molecular flexibility index (Phi) is 2.79. The van der Waals surface area contributed by atoms with E-state index in [0.29, 0.717) is 23.2 Å². The van der Waals surface area contributed by atoms with Gasteiger partial charge in [0.25, 0.3) is 0 Å². The molecule has 20 heavy (non-hydrogen) atoms. The third kappa shape index (κ3) is 1.95. The Morgan fingerprint density at radius 1 is 1.10 bits per heavy atom. The number of ketones is 1. The van der Waals surface area contributed by atoms with E-state index in [0.717, 1.165) is 11.3 Å². The zero-order valence-electron chi connectivity index (χ0n) is 11.1. The predicted octanol–water partition coefficient (Wildman–Crippen LogP) is 2.02. The molecule has 1 aliphatic rings. The maximum Gasteiger partial charge on any atom is 0.231 e. The highest BCUT2D eigenvalue weighted by Crippen LogP contribution is 2.29. The number of nitrogen functional groups attached to an aromatic ring is 1. The Morgan fingerprint density at radius 2 is 1.75 bits per heavy atom. The third-order valence-corrected chi connectivity index (χ3v) is 3.59. The molecule has 0 saturated heterocycles. The highest BCUT2D eigenvalue weighted by molar-refractivity contribution is 6.10. The molecule has 2 aromatic carbocycles. The van der Waals surface area contributed by atoms with Crippen molar-refractivity contribution in [3.8, 4) is 0 Å². The largest absolute Gasteiger partial charge is 0.399 e. The van der Waals surface area contributed by atoms with Crippen molar-refractivity contribution in [2.24, 2.45) is 0 Å². The number of hydrogen-bond donors (Lipinski definition) is 1. The summed E-state index contributed by atoms with van der Waals surface area (Å²) in [6.07, 6.45) is 0.356. The van der Waals surface area contributed by atoms with Gasteiger partial charge in [-0.2, -0.15) is 0 Å². The molecule has 0 saturated carbocycles. The van der Waals surface area contributed by atoms with Crippen LogP contribution in [0.25, 0.3) is 0 Å². The number of nitrogens with two attached hydrogens (primary N) is 1. The molecule has 0 unspecified atom stereocenters. The van der Waals surface area contributed by atoms with Crippen molar-refractivity contribution in [1.82, 2.24) is 0 Å². The molecule has 3 rings (SSSR count). The topological polar surface area (TPSA) is 63.4 Å². The molecule has 0 atom stereocenters. The molecule has 1 aliphatic heterocycles. The van der Waals surface area contributed by atoms with Crippen molar-refractivity contribution < 1.29 is 9.59 Å². The molecule has 2 aromatic rings. The standard InChI is InChI=1S/C16H14N2O2/c1-18-14-7-4-11(8-12(14)9-15(18)19)16(20)10-2-5-13(17)6-3-10/h2-8H,9,17H2,1H3. The van der Waals surface area contributed by atoms with E-state index in [2.05, 4.69) is 0 Å². The van der Waals surface area contributed by atoms with Crippen molar-refractivity contribution in [1.29, 1.82) is 0 Å². The quantitative estimate of drug-likeness (QED) is 0.668. The van der Waals surface area contributed by atoms with E-state index in [9.17, 15) is 9.59 Å². The zero-order chi connectivity index (χ0) is 14.3. The van der Waals surface area contributed by atoms with Crippen LogP contribution in [0.4, 0.5) is 11.4 Å². The van der Waals surface area contributed by atoms with Crippen LogP contribution in [0, 0.1) is 0 Å². The van der Waals surface area contributed by atoms with Gasteiger partial charge < -0.3 is 10.6 Å². The van der Waals surface area contributed by atoms with Crippen molar-refractivity contribution in [3.63, 3.8) is 0 Å². The molecular weight excluding hydrogens is 252 g/mol. The molecule has 4 nitrogen and oxygen atoms in total. The monoisotopic (exact) mass is 266 g/mol. The van der Waals surface area contributed by atoms with Crippen LogP contribution in [-0.4, -0.2) is 18.7 Å². The number of carbonyl (C=O) groups is 2. The highest BCUT2D eigenvalue weighted by Gasteiger charge is 2.24. The van der Waals surface area contributed by atoms with Gasteiger partial charge in [-0.05, 0) is 48.0 Å². The van der Waals surface area contributed by atoms with Crippen molar-refractivity contribution in [2.75, 3.05) is 17.7 Å². The highest BCUT2D eigenvalue weighted by atomic mass is 16.2. The lowest BCUT2D eigenvalue weighted by Crippen LogP contribution is -2.20. The van der Waals surface area contributed by atoms with Gasteiger partial charge in [0.05, 0.1) is 6.42 Å². The first-order valence-electron chi connectivity index (χ1n) is 6.36. The second kappa shape index (κ2) is 4.49. The fraction of sp³-hybridized carbons (Fsp3) is 0.125. The SMILES string of the molecule is CN1C(=O)Cc2cc(C(=O)c3ccc(N)cc3)ccc21. The Balaban J connectivity index is 1.96. The molecule has 0 bridgehead atoms. The number of carbonyl (C=O) groups excluding carboxylic acids is 2. The van der Waals surface area contributed by atoms with Crippen LogP contribution >= 0.6 is 0 Å². The number of hydrogen-bond acceptors (Lipinski definition) is 3. The third-order valence-electron chi connectivity index (χ3n) is 3.59. The van der Waals surface area contributed by atoms with Crippen molar-refractivity contribution in [3.05, 3.63) is 59.2 Å². The van der Waals surface area contributed by atoms with Crippen LogP contribution in [0.2, 0.25) is 0 Å². The van der Waals surface area contributed by atoms with Crippen LogP contribution in [0.3, 0.4) is 0 Å².